The number of aliphatic hydroxyl groups is 2. The van der Waals surface area contributed by atoms with Crippen LogP contribution in [0.4, 0.5) is 0 Å². The molecule has 0 saturated heterocycles. The van der Waals surface area contributed by atoms with Gasteiger partial charge in [-0.05, 0) is 29.9 Å². The highest BCUT2D eigenvalue weighted by atomic mass is 35.5. The Labute approximate surface area is 320 Å². The van der Waals surface area contributed by atoms with Crippen molar-refractivity contribution in [2.24, 2.45) is 11.7 Å². The number of nitrogens with two attached hydrogens (primary N) is 1. The molecule has 0 aliphatic carbocycles. The zero-order valence-electron chi connectivity index (χ0n) is 32.1. The van der Waals surface area contributed by atoms with Gasteiger partial charge in [-0.3, -0.25) is 28.8 Å². The number of carbonyl (C=O) groups is 6. The summed E-state index contributed by atoms with van der Waals surface area (Å²) in [4.78, 5) is 76.1. The van der Waals surface area contributed by atoms with Gasteiger partial charge < -0.3 is 36.4 Å². The molecule has 0 radical (unpaired) electrons. The highest BCUT2D eigenvalue weighted by Crippen LogP contribution is 2.18. The van der Waals surface area contributed by atoms with E-state index in [4.69, 9.17) is 5.73 Å². The minimum atomic E-state index is -1.27. The normalized spacial score (nSPS) is 13.9. The topological polar surface area (TPSA) is 199 Å². The molecule has 0 bridgehead atoms. The van der Waals surface area contributed by atoms with Crippen molar-refractivity contribution in [1.29, 1.82) is 0 Å². The van der Waals surface area contributed by atoms with E-state index in [2.05, 4.69) is 10.6 Å². The van der Waals surface area contributed by atoms with Crippen molar-refractivity contribution in [3.05, 3.63) is 71.8 Å². The summed E-state index contributed by atoms with van der Waals surface area (Å²) in [5, 5.41) is 25.3. The summed E-state index contributed by atoms with van der Waals surface area (Å²) in [5.74, 6) is -2.25. The molecule has 6 atom stereocenters. The maximum absolute atomic E-state index is 12.4. The van der Waals surface area contributed by atoms with E-state index in [1.165, 1.54) is 9.80 Å². The zero-order valence-corrected chi connectivity index (χ0v) is 32.9. The maximum Gasteiger partial charge on any atom is 0.249 e. The van der Waals surface area contributed by atoms with Crippen LogP contribution in [-0.2, 0) is 28.8 Å². The molecule has 0 aromatic heterocycles. The van der Waals surface area contributed by atoms with Crippen molar-refractivity contribution < 1.29 is 39.0 Å². The van der Waals surface area contributed by atoms with Crippen molar-refractivity contribution in [1.82, 2.24) is 20.4 Å². The van der Waals surface area contributed by atoms with Crippen molar-refractivity contribution in [3.63, 3.8) is 0 Å². The van der Waals surface area contributed by atoms with Crippen LogP contribution in [-0.4, -0.2) is 102 Å². The smallest absolute Gasteiger partial charge is 0.249 e. The number of hydrogen-bond acceptors (Lipinski definition) is 9. The second-order valence-corrected chi connectivity index (χ2v) is 13.3. The van der Waals surface area contributed by atoms with Gasteiger partial charge in [0.05, 0.1) is 0 Å². The molecule has 53 heavy (non-hydrogen) atoms. The Morgan fingerprint density at radius 1 is 0.623 bits per heavy atom. The molecule has 0 saturated carbocycles. The first-order valence-corrected chi connectivity index (χ1v) is 17.8. The first-order chi connectivity index (χ1) is 24.5. The summed E-state index contributed by atoms with van der Waals surface area (Å²) in [5.41, 5.74) is 7.09. The van der Waals surface area contributed by atoms with E-state index in [-0.39, 0.29) is 61.6 Å². The van der Waals surface area contributed by atoms with Gasteiger partial charge in [0.2, 0.25) is 23.6 Å². The zero-order chi connectivity index (χ0) is 39.4. The van der Waals surface area contributed by atoms with Gasteiger partial charge in [0, 0.05) is 59.9 Å². The van der Waals surface area contributed by atoms with E-state index in [1.54, 1.807) is 76.7 Å². The first-order valence-electron chi connectivity index (χ1n) is 17.8. The Balaban J connectivity index is 0.00000100. The van der Waals surface area contributed by atoms with Crippen LogP contribution in [0.3, 0.4) is 0 Å². The molecule has 0 aliphatic heterocycles. The predicted octanol–water partition coefficient (Wildman–Crippen LogP) is 3.27. The lowest BCUT2D eigenvalue weighted by atomic mass is 9.94. The second-order valence-electron chi connectivity index (χ2n) is 13.3. The third-order valence-corrected chi connectivity index (χ3v) is 8.42. The van der Waals surface area contributed by atoms with E-state index in [1.807, 2.05) is 32.9 Å². The van der Waals surface area contributed by atoms with E-state index < -0.39 is 47.9 Å². The highest BCUT2D eigenvalue weighted by Gasteiger charge is 2.28. The van der Waals surface area contributed by atoms with Crippen LogP contribution in [0, 0.1) is 5.92 Å². The molecule has 0 fully saturated rings. The molecule has 2 rings (SSSR count). The lowest BCUT2D eigenvalue weighted by Crippen LogP contribution is -2.42. The number of halogens is 1. The van der Waals surface area contributed by atoms with Crippen molar-refractivity contribution in [2.45, 2.75) is 102 Å². The fourth-order valence-corrected chi connectivity index (χ4v) is 5.28. The number of aliphatic hydroxyl groups excluding tert-OH is 2. The first kappa shape index (κ1) is 48.8. The summed E-state index contributed by atoms with van der Waals surface area (Å²) in [6.07, 6.45) is 0.291. The largest absolute Gasteiger partial charge is 0.385 e. The van der Waals surface area contributed by atoms with Gasteiger partial charge in [0.15, 0.2) is 11.6 Å². The Hall–Kier alpha value is -4.17. The molecule has 296 valence electrons. The van der Waals surface area contributed by atoms with Crippen LogP contribution in [0.1, 0.15) is 95.3 Å². The number of carbonyl (C=O) groups excluding carboxylic acids is 6. The quantitative estimate of drug-likeness (QED) is 0.134. The molecule has 2 aromatic rings. The monoisotopic (exact) mass is 761 g/mol. The standard InChI is InChI=1S/C20H30N2O4.C19H29N3O4.ClH/c1-5-9-14(2)19(25)16(23)12-13-17(24)21-18(20(26)22(3)4)15-10-7-6-8-11-15;1-4-8-14(20)18(25)15(23)11-12-16(24)21-17(19(26)22(2)3)13-9-6-5-7-10-13;/h6-8,10-11,14,18-19,25H,5,9,12-13H2,1-4H3,(H,21,24);5-7,9-10,14,17-18,25H,4,8,11-12,20H2,1-3H3,(H,21,24);1H/t14?,18-,19?;14?,17-,18?;/m00./s1. The van der Waals surface area contributed by atoms with E-state index in [0.29, 0.717) is 17.5 Å². The minimum absolute atomic E-state index is 0. The molecular formula is C39H60ClN5O8. The predicted molar refractivity (Wildman–Crippen MR) is 207 cm³/mol. The van der Waals surface area contributed by atoms with Gasteiger partial charge in [0.1, 0.15) is 24.3 Å². The van der Waals surface area contributed by atoms with Crippen LogP contribution in [0.5, 0.6) is 0 Å². The fourth-order valence-electron chi connectivity index (χ4n) is 5.28. The average molecular weight is 762 g/mol. The summed E-state index contributed by atoms with van der Waals surface area (Å²) in [6.45, 7) is 5.73. The molecule has 4 amide bonds. The van der Waals surface area contributed by atoms with Crippen LogP contribution in [0.2, 0.25) is 0 Å². The van der Waals surface area contributed by atoms with Crippen LogP contribution in [0.25, 0.3) is 0 Å². The SMILES string of the molecule is CCCC(C)C(O)C(=O)CCC(=O)N[C@H](C(=O)N(C)C)c1ccccc1.CCCC(N)C(O)C(=O)CCC(=O)N[C@H](C(=O)N(C)C)c1ccccc1.Cl. The average Bonchev–Trinajstić information content (AvgIpc) is 3.13. The Kier molecular flexibility index (Phi) is 23.7. The minimum Gasteiger partial charge on any atom is -0.385 e. The second kappa shape index (κ2) is 25.7. The number of hydrogen-bond donors (Lipinski definition) is 5. The van der Waals surface area contributed by atoms with Gasteiger partial charge in [-0.25, -0.2) is 0 Å². The summed E-state index contributed by atoms with van der Waals surface area (Å²) < 4.78 is 0. The third kappa shape index (κ3) is 17.5. The van der Waals surface area contributed by atoms with E-state index in [0.717, 1.165) is 19.3 Å². The lowest BCUT2D eigenvalue weighted by Gasteiger charge is -2.22. The van der Waals surface area contributed by atoms with Crippen LogP contribution < -0.4 is 16.4 Å². The third-order valence-electron chi connectivity index (χ3n) is 8.42. The molecule has 6 N–H and O–H groups in total. The molecule has 13 nitrogen and oxygen atoms in total. The number of benzene rings is 2. The van der Waals surface area contributed by atoms with Gasteiger partial charge in [-0.15, -0.1) is 12.4 Å². The van der Waals surface area contributed by atoms with Crippen molar-refractivity contribution >= 4 is 47.6 Å². The number of nitrogens with one attached hydrogen (secondary N) is 2. The molecule has 4 unspecified atom stereocenters. The molecule has 14 heteroatoms. The summed E-state index contributed by atoms with van der Waals surface area (Å²) in [6, 6.07) is 15.6. The van der Waals surface area contributed by atoms with Crippen molar-refractivity contribution in [3.8, 4) is 0 Å². The number of Topliss-reactive ketones (excluding diaryl/α,β-unsaturated/α-hetero) is 2. The maximum atomic E-state index is 12.4. The van der Waals surface area contributed by atoms with Gasteiger partial charge in [0.25, 0.3) is 0 Å². The van der Waals surface area contributed by atoms with E-state index >= 15 is 0 Å². The van der Waals surface area contributed by atoms with Crippen LogP contribution in [0.15, 0.2) is 60.7 Å². The van der Waals surface area contributed by atoms with Gasteiger partial charge in [-0.1, -0.05) is 94.3 Å². The van der Waals surface area contributed by atoms with E-state index in [9.17, 15) is 39.0 Å². The molecule has 2 aromatic carbocycles. The highest BCUT2D eigenvalue weighted by molar-refractivity contribution is 5.92. The van der Waals surface area contributed by atoms with Crippen LogP contribution >= 0.6 is 12.4 Å². The van der Waals surface area contributed by atoms with Gasteiger partial charge in [-0.2, -0.15) is 0 Å². The number of likely N-dealkylation sites (N-methyl/N-ethyl adjacent to an activating group) is 2. The Bertz CT molecular complexity index is 1320. The molecule has 0 aliphatic rings. The Morgan fingerprint density at radius 3 is 1.32 bits per heavy atom. The lowest BCUT2D eigenvalue weighted by molar-refractivity contribution is -0.135. The summed E-state index contributed by atoms with van der Waals surface area (Å²) >= 11 is 0. The fraction of sp³-hybridized carbons (Fsp3) is 0.538. The molecule has 0 heterocycles. The summed E-state index contributed by atoms with van der Waals surface area (Å²) in [7, 11) is 6.47. The molecular weight excluding hydrogens is 702 g/mol. The number of rotatable bonds is 20. The molecule has 0 spiro atoms. The number of amides is 4. The Morgan fingerprint density at radius 2 is 0.981 bits per heavy atom. The number of nitrogens with zero attached hydrogens (tertiary/aromatic N) is 2. The van der Waals surface area contributed by atoms with Gasteiger partial charge >= 0.3 is 0 Å². The van der Waals surface area contributed by atoms with Crippen molar-refractivity contribution in [2.75, 3.05) is 28.2 Å². The number of ketones is 2.